The van der Waals surface area contributed by atoms with Crippen LogP contribution in [0.25, 0.3) is 0 Å². The molecule has 1 heterocycles. The van der Waals surface area contributed by atoms with E-state index < -0.39 is 0 Å². The average molecular weight is 273 g/mol. The minimum absolute atomic E-state index is 0.775. The van der Waals surface area contributed by atoms with Gasteiger partial charge in [-0.05, 0) is 43.0 Å². The molecule has 0 aliphatic carbocycles. The summed E-state index contributed by atoms with van der Waals surface area (Å²) in [6.45, 7) is 2.06. The molecule has 0 aromatic carbocycles. The van der Waals surface area contributed by atoms with Gasteiger partial charge in [-0.25, -0.2) is 9.97 Å². The lowest BCUT2D eigenvalue weighted by Crippen LogP contribution is -2.24. The molecule has 84 valence electrons. The van der Waals surface area contributed by atoms with E-state index in [0.717, 1.165) is 29.9 Å². The van der Waals surface area contributed by atoms with Crippen molar-refractivity contribution < 1.29 is 0 Å². The van der Waals surface area contributed by atoms with E-state index in [2.05, 4.69) is 49.8 Å². The number of rotatable bonds is 5. The Bertz CT molecular complexity index is 286. The molecule has 0 saturated heterocycles. The number of aromatic nitrogens is 2. The van der Waals surface area contributed by atoms with Crippen LogP contribution >= 0.6 is 15.9 Å². The van der Waals surface area contributed by atoms with Crippen molar-refractivity contribution in [3.8, 4) is 0 Å². The predicted molar refractivity (Wildman–Crippen MR) is 66.2 cm³/mol. The van der Waals surface area contributed by atoms with Crippen LogP contribution < -0.4 is 4.90 Å². The van der Waals surface area contributed by atoms with Crippen molar-refractivity contribution in [3.63, 3.8) is 0 Å². The van der Waals surface area contributed by atoms with E-state index in [1.807, 2.05) is 7.05 Å². The van der Waals surface area contributed by atoms with E-state index >= 15 is 0 Å². The normalized spacial score (nSPS) is 10.7. The van der Waals surface area contributed by atoms with Crippen LogP contribution in [0.15, 0.2) is 16.9 Å². The number of nitrogens with zero attached hydrogens (tertiary/aromatic N) is 4. The van der Waals surface area contributed by atoms with Crippen LogP contribution in [-0.2, 0) is 0 Å². The third kappa shape index (κ3) is 4.57. The maximum Gasteiger partial charge on any atom is 0.225 e. The second-order valence-electron chi connectivity index (χ2n) is 3.78. The molecule has 0 N–H and O–H groups in total. The molecule has 1 rings (SSSR count). The summed E-state index contributed by atoms with van der Waals surface area (Å²) in [4.78, 5) is 12.7. The molecule has 0 amide bonds. The highest BCUT2D eigenvalue weighted by Crippen LogP contribution is 2.09. The van der Waals surface area contributed by atoms with Crippen LogP contribution in [0.2, 0.25) is 0 Å². The Kier molecular flexibility index (Phi) is 4.98. The number of hydrogen-bond acceptors (Lipinski definition) is 4. The van der Waals surface area contributed by atoms with E-state index in [1.54, 1.807) is 12.4 Å². The van der Waals surface area contributed by atoms with Gasteiger partial charge in [-0.2, -0.15) is 0 Å². The Morgan fingerprint density at radius 1 is 1.13 bits per heavy atom. The third-order valence-electron chi connectivity index (χ3n) is 2.05. The quantitative estimate of drug-likeness (QED) is 0.816. The monoisotopic (exact) mass is 272 g/mol. The molecule has 0 unspecified atom stereocenters. The van der Waals surface area contributed by atoms with Gasteiger partial charge in [-0.15, -0.1) is 0 Å². The molecule has 15 heavy (non-hydrogen) atoms. The van der Waals surface area contributed by atoms with Crippen molar-refractivity contribution in [1.29, 1.82) is 0 Å². The second-order valence-corrected chi connectivity index (χ2v) is 4.70. The van der Waals surface area contributed by atoms with Crippen LogP contribution in [0.1, 0.15) is 6.42 Å². The molecule has 0 saturated carbocycles. The molecule has 0 bridgehead atoms. The number of hydrogen-bond donors (Lipinski definition) is 0. The van der Waals surface area contributed by atoms with Crippen molar-refractivity contribution in [2.24, 2.45) is 0 Å². The van der Waals surface area contributed by atoms with Gasteiger partial charge in [0, 0.05) is 26.0 Å². The first-order valence-electron chi connectivity index (χ1n) is 4.93. The zero-order valence-electron chi connectivity index (χ0n) is 9.44. The lowest BCUT2D eigenvalue weighted by atomic mass is 10.4. The first-order valence-corrected chi connectivity index (χ1v) is 5.72. The fraction of sp³-hybridized carbons (Fsp3) is 0.600. The molecule has 0 aliphatic rings. The molecule has 0 atom stereocenters. The van der Waals surface area contributed by atoms with Crippen LogP contribution in [0.3, 0.4) is 0 Å². The zero-order valence-corrected chi connectivity index (χ0v) is 11.0. The molecule has 4 nitrogen and oxygen atoms in total. The van der Waals surface area contributed by atoms with Gasteiger partial charge in [0.05, 0.1) is 4.47 Å². The predicted octanol–water partition coefficient (Wildman–Crippen LogP) is 1.63. The average Bonchev–Trinajstić information content (AvgIpc) is 2.18. The van der Waals surface area contributed by atoms with E-state index in [-0.39, 0.29) is 0 Å². The molecular weight excluding hydrogens is 256 g/mol. The Balaban J connectivity index is 2.40. The van der Waals surface area contributed by atoms with Crippen LogP contribution in [0.4, 0.5) is 5.95 Å². The smallest absolute Gasteiger partial charge is 0.225 e. The first kappa shape index (κ1) is 12.4. The molecule has 0 aliphatic heterocycles. The Morgan fingerprint density at radius 2 is 1.73 bits per heavy atom. The summed E-state index contributed by atoms with van der Waals surface area (Å²) in [7, 11) is 6.17. The van der Waals surface area contributed by atoms with Crippen LogP contribution in [0.5, 0.6) is 0 Å². The molecule has 5 heteroatoms. The van der Waals surface area contributed by atoms with Gasteiger partial charge in [-0.1, -0.05) is 0 Å². The minimum atomic E-state index is 0.775. The van der Waals surface area contributed by atoms with Crippen molar-refractivity contribution in [2.45, 2.75) is 6.42 Å². The van der Waals surface area contributed by atoms with Gasteiger partial charge in [0.1, 0.15) is 0 Å². The summed E-state index contributed by atoms with van der Waals surface area (Å²) in [6, 6.07) is 0. The molecule has 0 fully saturated rings. The summed E-state index contributed by atoms with van der Waals surface area (Å²) in [5, 5.41) is 0. The van der Waals surface area contributed by atoms with Crippen LogP contribution in [0, 0.1) is 0 Å². The lowest BCUT2D eigenvalue weighted by molar-refractivity contribution is 0.401. The highest BCUT2D eigenvalue weighted by molar-refractivity contribution is 9.10. The largest absolute Gasteiger partial charge is 0.344 e. The molecule has 1 aromatic heterocycles. The highest BCUT2D eigenvalue weighted by atomic mass is 79.9. The maximum absolute atomic E-state index is 4.23. The zero-order chi connectivity index (χ0) is 11.3. The molecule has 0 spiro atoms. The van der Waals surface area contributed by atoms with Gasteiger partial charge >= 0.3 is 0 Å². The van der Waals surface area contributed by atoms with Crippen molar-refractivity contribution in [1.82, 2.24) is 14.9 Å². The summed E-state index contributed by atoms with van der Waals surface area (Å²) in [5.41, 5.74) is 0. The molecular formula is C10H17BrN4. The van der Waals surface area contributed by atoms with E-state index in [4.69, 9.17) is 0 Å². The van der Waals surface area contributed by atoms with Gasteiger partial charge < -0.3 is 9.80 Å². The lowest BCUT2D eigenvalue weighted by Gasteiger charge is -2.18. The summed E-state index contributed by atoms with van der Waals surface area (Å²) >= 11 is 3.32. The standard InChI is InChI=1S/C10H17BrN4/c1-14(2)5-4-6-15(3)10-12-7-9(11)8-13-10/h7-8H,4-6H2,1-3H3. The van der Waals surface area contributed by atoms with Crippen molar-refractivity contribution in [3.05, 3.63) is 16.9 Å². The SMILES string of the molecule is CN(C)CCCN(C)c1ncc(Br)cn1. The third-order valence-corrected chi connectivity index (χ3v) is 2.46. The van der Waals surface area contributed by atoms with Gasteiger partial charge in [0.25, 0.3) is 0 Å². The fourth-order valence-electron chi connectivity index (χ4n) is 1.23. The fourth-order valence-corrected chi connectivity index (χ4v) is 1.43. The molecule has 1 aromatic rings. The number of anilines is 1. The van der Waals surface area contributed by atoms with Gasteiger partial charge in [-0.3, -0.25) is 0 Å². The minimum Gasteiger partial charge on any atom is -0.344 e. The van der Waals surface area contributed by atoms with E-state index in [0.29, 0.717) is 0 Å². The summed E-state index contributed by atoms with van der Waals surface area (Å²) < 4.78 is 0.910. The number of halogens is 1. The van der Waals surface area contributed by atoms with Crippen molar-refractivity contribution >= 4 is 21.9 Å². The highest BCUT2D eigenvalue weighted by Gasteiger charge is 2.03. The Hall–Kier alpha value is -0.680. The van der Waals surface area contributed by atoms with E-state index in [1.165, 1.54) is 0 Å². The van der Waals surface area contributed by atoms with Crippen molar-refractivity contribution in [2.75, 3.05) is 39.1 Å². The maximum atomic E-state index is 4.23. The second kappa shape index (κ2) is 6.02. The Morgan fingerprint density at radius 3 is 2.27 bits per heavy atom. The first-order chi connectivity index (χ1) is 7.09. The topological polar surface area (TPSA) is 32.3 Å². The summed E-state index contributed by atoms with van der Waals surface area (Å²) in [6.07, 6.45) is 4.65. The van der Waals surface area contributed by atoms with Crippen LogP contribution in [-0.4, -0.2) is 49.1 Å². The van der Waals surface area contributed by atoms with Gasteiger partial charge in [0.15, 0.2) is 0 Å². The Labute approximate surface area is 99.4 Å². The van der Waals surface area contributed by atoms with Gasteiger partial charge in [0.2, 0.25) is 5.95 Å². The van der Waals surface area contributed by atoms with E-state index in [9.17, 15) is 0 Å². The summed E-state index contributed by atoms with van der Waals surface area (Å²) in [5.74, 6) is 0.775. The molecule has 0 radical (unpaired) electrons.